The van der Waals surface area contributed by atoms with Crippen LogP contribution in [0.1, 0.15) is 24.8 Å². The third kappa shape index (κ3) is 4.32. The van der Waals surface area contributed by atoms with E-state index in [0.29, 0.717) is 12.6 Å². The van der Waals surface area contributed by atoms with Gasteiger partial charge in [0.1, 0.15) is 0 Å². The number of nitrogens with one attached hydrogen (secondary N) is 2. The molecule has 24 heavy (non-hydrogen) atoms. The Morgan fingerprint density at radius 2 is 2.17 bits per heavy atom. The van der Waals surface area contributed by atoms with Gasteiger partial charge in [0.25, 0.3) is 0 Å². The smallest absolute Gasteiger partial charge is 0.191 e. The number of thioether (sulfide) groups is 1. The molecule has 1 aliphatic carbocycles. The highest BCUT2D eigenvalue weighted by atomic mass is 32.2. The van der Waals surface area contributed by atoms with Crippen LogP contribution in [0.15, 0.2) is 47.7 Å². The summed E-state index contributed by atoms with van der Waals surface area (Å²) in [5.41, 5.74) is 2.20. The van der Waals surface area contributed by atoms with Crippen molar-refractivity contribution >= 4 is 17.7 Å². The number of hydrogen-bond donors (Lipinski definition) is 2. The molecular weight excluding hydrogens is 318 g/mol. The van der Waals surface area contributed by atoms with E-state index in [1.807, 2.05) is 60.0 Å². The Labute approximate surface area is 147 Å². The molecule has 2 N–H and O–H groups in total. The van der Waals surface area contributed by atoms with Crippen molar-refractivity contribution in [3.63, 3.8) is 0 Å². The number of para-hydroxylation sites is 1. The average Bonchev–Trinajstić information content (AvgIpc) is 3.28. The van der Waals surface area contributed by atoms with Crippen LogP contribution in [-0.2, 0) is 6.54 Å². The molecule has 1 aromatic heterocycles. The van der Waals surface area contributed by atoms with Crippen molar-refractivity contribution < 1.29 is 0 Å². The molecule has 1 saturated carbocycles. The monoisotopic (exact) mass is 343 g/mol. The molecule has 6 heteroatoms. The minimum atomic E-state index is 0.528. The maximum Gasteiger partial charge on any atom is 0.191 e. The number of rotatable bonds is 5. The van der Waals surface area contributed by atoms with E-state index in [0.717, 1.165) is 22.5 Å². The van der Waals surface area contributed by atoms with E-state index in [1.54, 1.807) is 0 Å². The van der Waals surface area contributed by atoms with Gasteiger partial charge < -0.3 is 10.6 Å². The molecule has 5 nitrogen and oxygen atoms in total. The molecule has 1 heterocycles. The van der Waals surface area contributed by atoms with Gasteiger partial charge in [-0.3, -0.25) is 4.99 Å². The number of hydrogen-bond acceptors (Lipinski definition) is 3. The van der Waals surface area contributed by atoms with Crippen molar-refractivity contribution in [3.05, 3.63) is 48.3 Å². The van der Waals surface area contributed by atoms with Gasteiger partial charge in [0.2, 0.25) is 0 Å². The molecule has 3 rings (SSSR count). The summed E-state index contributed by atoms with van der Waals surface area (Å²) in [6.07, 6.45) is 9.87. The Hall–Kier alpha value is -1.95. The van der Waals surface area contributed by atoms with Gasteiger partial charge in [-0.15, -0.1) is 0 Å². The zero-order valence-corrected chi connectivity index (χ0v) is 15.1. The van der Waals surface area contributed by atoms with Crippen molar-refractivity contribution in [2.24, 2.45) is 4.99 Å². The Morgan fingerprint density at radius 1 is 1.33 bits per heavy atom. The summed E-state index contributed by atoms with van der Waals surface area (Å²) in [4.78, 5) is 4.34. The van der Waals surface area contributed by atoms with E-state index >= 15 is 0 Å². The Balaban J connectivity index is 1.52. The summed E-state index contributed by atoms with van der Waals surface area (Å²) in [5.74, 6) is 0.870. The standard InChI is InChI=1S/C18H25N5S/c1-19-18(22-15-8-9-17(10-15)24-2)20-11-14-12-21-23(13-14)16-6-4-3-5-7-16/h3-7,12-13,15,17H,8-11H2,1-2H3,(H2,19,20,22). The lowest BCUT2D eigenvalue weighted by Crippen LogP contribution is -2.42. The zero-order chi connectivity index (χ0) is 16.8. The van der Waals surface area contributed by atoms with Gasteiger partial charge in [-0.2, -0.15) is 16.9 Å². The van der Waals surface area contributed by atoms with Gasteiger partial charge in [-0.25, -0.2) is 4.68 Å². The van der Waals surface area contributed by atoms with Gasteiger partial charge in [0, 0.05) is 36.6 Å². The van der Waals surface area contributed by atoms with Crippen LogP contribution in [-0.4, -0.2) is 40.3 Å². The molecule has 128 valence electrons. The van der Waals surface area contributed by atoms with Crippen molar-refractivity contribution in [2.75, 3.05) is 13.3 Å². The van der Waals surface area contributed by atoms with Gasteiger partial charge in [0.15, 0.2) is 5.96 Å². The van der Waals surface area contributed by atoms with E-state index in [4.69, 9.17) is 0 Å². The highest BCUT2D eigenvalue weighted by molar-refractivity contribution is 7.99. The number of guanidine groups is 1. The first-order chi connectivity index (χ1) is 11.8. The molecule has 1 aliphatic rings. The highest BCUT2D eigenvalue weighted by Crippen LogP contribution is 2.27. The van der Waals surface area contributed by atoms with E-state index in [2.05, 4.69) is 33.2 Å². The van der Waals surface area contributed by atoms with E-state index in [-0.39, 0.29) is 0 Å². The molecule has 2 unspecified atom stereocenters. The quantitative estimate of drug-likeness (QED) is 0.647. The molecule has 0 spiro atoms. The fourth-order valence-electron chi connectivity index (χ4n) is 3.03. The molecule has 0 radical (unpaired) electrons. The molecule has 2 aromatic rings. The summed E-state index contributed by atoms with van der Waals surface area (Å²) in [5, 5.41) is 12.1. The second-order valence-corrected chi connectivity index (χ2v) is 7.20. The maximum absolute atomic E-state index is 4.43. The van der Waals surface area contributed by atoms with Crippen molar-refractivity contribution in [3.8, 4) is 5.69 Å². The lowest BCUT2D eigenvalue weighted by atomic mass is 10.2. The minimum absolute atomic E-state index is 0.528. The van der Waals surface area contributed by atoms with Gasteiger partial charge in [-0.05, 0) is 37.7 Å². The molecule has 0 saturated heterocycles. The Kier molecular flexibility index (Phi) is 5.80. The molecule has 0 aliphatic heterocycles. The summed E-state index contributed by atoms with van der Waals surface area (Å²) < 4.78 is 1.90. The highest BCUT2D eigenvalue weighted by Gasteiger charge is 2.24. The lowest BCUT2D eigenvalue weighted by molar-refractivity contribution is 0.614. The molecule has 0 bridgehead atoms. The first-order valence-electron chi connectivity index (χ1n) is 8.37. The van der Waals surface area contributed by atoms with Gasteiger partial charge in [0.05, 0.1) is 11.9 Å². The third-order valence-electron chi connectivity index (χ3n) is 4.40. The molecular formula is C18H25N5S. The number of nitrogens with zero attached hydrogens (tertiary/aromatic N) is 3. The molecule has 1 aromatic carbocycles. The minimum Gasteiger partial charge on any atom is -0.354 e. The summed E-state index contributed by atoms with van der Waals surface area (Å²) in [6, 6.07) is 10.7. The van der Waals surface area contributed by atoms with Crippen LogP contribution in [0.25, 0.3) is 5.69 Å². The topological polar surface area (TPSA) is 54.2 Å². The zero-order valence-electron chi connectivity index (χ0n) is 14.3. The fourth-order valence-corrected chi connectivity index (χ4v) is 3.83. The first-order valence-corrected chi connectivity index (χ1v) is 9.66. The number of aromatic nitrogens is 2. The largest absolute Gasteiger partial charge is 0.354 e. The maximum atomic E-state index is 4.43. The normalized spacial score (nSPS) is 21.0. The predicted molar refractivity (Wildman–Crippen MR) is 102 cm³/mol. The SMILES string of the molecule is CN=C(NCc1cnn(-c2ccccc2)c1)NC1CCC(SC)C1. The van der Waals surface area contributed by atoms with Crippen LogP contribution in [0.5, 0.6) is 0 Å². The molecule has 2 atom stereocenters. The van der Waals surface area contributed by atoms with E-state index < -0.39 is 0 Å². The van der Waals surface area contributed by atoms with Crippen LogP contribution in [0.4, 0.5) is 0 Å². The summed E-state index contributed by atoms with van der Waals surface area (Å²) >= 11 is 1.97. The van der Waals surface area contributed by atoms with E-state index in [1.165, 1.54) is 19.3 Å². The van der Waals surface area contributed by atoms with Crippen molar-refractivity contribution in [1.29, 1.82) is 0 Å². The van der Waals surface area contributed by atoms with Crippen molar-refractivity contribution in [1.82, 2.24) is 20.4 Å². The third-order valence-corrected chi connectivity index (χ3v) is 5.49. The summed E-state index contributed by atoms with van der Waals surface area (Å²) in [7, 11) is 1.82. The van der Waals surface area contributed by atoms with Crippen LogP contribution in [0.3, 0.4) is 0 Å². The predicted octanol–water partition coefficient (Wildman–Crippen LogP) is 2.82. The van der Waals surface area contributed by atoms with Crippen LogP contribution < -0.4 is 10.6 Å². The second-order valence-electron chi connectivity index (χ2n) is 6.07. The van der Waals surface area contributed by atoms with Gasteiger partial charge in [-0.1, -0.05) is 18.2 Å². The molecule has 1 fully saturated rings. The van der Waals surface area contributed by atoms with Gasteiger partial charge >= 0.3 is 0 Å². The van der Waals surface area contributed by atoms with Crippen LogP contribution in [0, 0.1) is 0 Å². The second kappa shape index (κ2) is 8.24. The van der Waals surface area contributed by atoms with Crippen LogP contribution >= 0.6 is 11.8 Å². The molecule has 0 amide bonds. The fraction of sp³-hybridized carbons (Fsp3) is 0.444. The van der Waals surface area contributed by atoms with Crippen LogP contribution in [0.2, 0.25) is 0 Å². The van der Waals surface area contributed by atoms with Crippen molar-refractivity contribution in [2.45, 2.75) is 37.1 Å². The van der Waals surface area contributed by atoms with E-state index in [9.17, 15) is 0 Å². The average molecular weight is 344 g/mol. The summed E-state index contributed by atoms with van der Waals surface area (Å²) in [6.45, 7) is 0.713. The lowest BCUT2D eigenvalue weighted by Gasteiger charge is -2.17. The first kappa shape index (κ1) is 16.9. The Morgan fingerprint density at radius 3 is 2.88 bits per heavy atom. The number of aliphatic imine (C=N–C) groups is 1. The Bertz CT molecular complexity index is 667. The number of benzene rings is 1.